The largest absolute Gasteiger partial charge is 0.385 e. The van der Waals surface area contributed by atoms with Gasteiger partial charge in [-0.15, -0.1) is 0 Å². The van der Waals surface area contributed by atoms with Crippen LogP contribution in [0.3, 0.4) is 0 Å². The van der Waals surface area contributed by atoms with Crippen LogP contribution in [-0.2, 0) is 27.9 Å². The predicted octanol–water partition coefficient (Wildman–Crippen LogP) is 3.36. The fourth-order valence-electron chi connectivity index (χ4n) is 3.04. The van der Waals surface area contributed by atoms with E-state index in [2.05, 4.69) is 5.32 Å². The molecule has 8 nitrogen and oxygen atoms in total. The van der Waals surface area contributed by atoms with Crippen LogP contribution >= 0.6 is 11.6 Å². The van der Waals surface area contributed by atoms with Gasteiger partial charge in [0.15, 0.2) is 0 Å². The number of ether oxygens (including phenoxy) is 2. The van der Waals surface area contributed by atoms with Crippen molar-refractivity contribution in [3.63, 3.8) is 0 Å². The first-order chi connectivity index (χ1) is 15.3. The molecule has 1 aromatic carbocycles. The molecule has 0 saturated carbocycles. The minimum Gasteiger partial charge on any atom is -0.385 e. The van der Waals surface area contributed by atoms with Crippen LogP contribution in [0.15, 0.2) is 36.5 Å². The molecule has 0 radical (unpaired) electrons. The second kappa shape index (κ2) is 13.0. The molecule has 3 amide bonds. The number of carbonyl (C=O) groups excluding carboxylic acids is 2. The molecular formula is C22H30ClFN4O4. The highest BCUT2D eigenvalue weighted by Gasteiger charge is 2.22. The summed E-state index contributed by atoms with van der Waals surface area (Å²) < 4.78 is 25.6. The quantitative estimate of drug-likeness (QED) is 0.485. The molecule has 1 heterocycles. The molecule has 32 heavy (non-hydrogen) atoms. The molecule has 0 aliphatic heterocycles. The molecule has 176 valence electrons. The summed E-state index contributed by atoms with van der Waals surface area (Å²) in [5.74, 6) is -0.792. The smallest absolute Gasteiger partial charge is 0.322 e. The average molecular weight is 469 g/mol. The van der Waals surface area contributed by atoms with Gasteiger partial charge in [-0.2, -0.15) is 0 Å². The molecule has 10 heteroatoms. The summed E-state index contributed by atoms with van der Waals surface area (Å²) in [6, 6.07) is 7.27. The monoisotopic (exact) mass is 468 g/mol. The maximum Gasteiger partial charge on any atom is 0.322 e. The average Bonchev–Trinajstić information content (AvgIpc) is 3.17. The van der Waals surface area contributed by atoms with Crippen molar-refractivity contribution in [1.29, 1.82) is 0 Å². The molecule has 1 N–H and O–H groups in total. The van der Waals surface area contributed by atoms with E-state index in [-0.39, 0.29) is 17.5 Å². The highest BCUT2D eigenvalue weighted by Crippen LogP contribution is 2.19. The summed E-state index contributed by atoms with van der Waals surface area (Å²) in [5, 5.41) is 2.58. The van der Waals surface area contributed by atoms with Crippen molar-refractivity contribution in [3.8, 4) is 0 Å². The molecule has 0 bridgehead atoms. The Hall–Kier alpha value is -2.62. The van der Waals surface area contributed by atoms with E-state index in [1.165, 1.54) is 23.1 Å². The van der Waals surface area contributed by atoms with Gasteiger partial charge in [0.2, 0.25) is 5.91 Å². The van der Waals surface area contributed by atoms with Crippen LogP contribution in [-0.4, -0.2) is 73.4 Å². The van der Waals surface area contributed by atoms with Gasteiger partial charge in [0.25, 0.3) is 0 Å². The van der Waals surface area contributed by atoms with Crippen LogP contribution in [0.5, 0.6) is 0 Å². The van der Waals surface area contributed by atoms with E-state index < -0.39 is 11.8 Å². The molecule has 0 aliphatic rings. The van der Waals surface area contributed by atoms with Crippen LogP contribution in [0.25, 0.3) is 0 Å². The second-order valence-electron chi connectivity index (χ2n) is 7.25. The Bertz CT molecular complexity index is 893. The Kier molecular flexibility index (Phi) is 10.5. The highest BCUT2D eigenvalue weighted by atomic mass is 35.5. The number of hydrogen-bond donors (Lipinski definition) is 1. The van der Waals surface area contributed by atoms with Crippen LogP contribution in [0.1, 0.15) is 12.1 Å². The van der Waals surface area contributed by atoms with Gasteiger partial charge < -0.3 is 29.2 Å². The lowest BCUT2D eigenvalue weighted by atomic mass is 10.3. The molecule has 0 atom stereocenters. The van der Waals surface area contributed by atoms with E-state index in [0.717, 1.165) is 5.69 Å². The molecule has 0 fully saturated rings. The van der Waals surface area contributed by atoms with E-state index in [1.807, 2.05) is 29.9 Å². The Balaban J connectivity index is 2.12. The summed E-state index contributed by atoms with van der Waals surface area (Å²) >= 11 is 5.80. The number of carbonyl (C=O) groups is 2. The lowest BCUT2D eigenvalue weighted by Gasteiger charge is -2.28. The van der Waals surface area contributed by atoms with Gasteiger partial charge in [0.1, 0.15) is 12.4 Å². The van der Waals surface area contributed by atoms with E-state index in [0.29, 0.717) is 45.0 Å². The van der Waals surface area contributed by atoms with Crippen molar-refractivity contribution in [3.05, 3.63) is 53.1 Å². The van der Waals surface area contributed by atoms with Gasteiger partial charge in [-0.3, -0.25) is 4.79 Å². The maximum atomic E-state index is 13.4. The number of halogens is 2. The number of aryl methyl sites for hydroxylation is 1. The minimum absolute atomic E-state index is 0.0990. The Morgan fingerprint density at radius 1 is 1.12 bits per heavy atom. The summed E-state index contributed by atoms with van der Waals surface area (Å²) in [6.07, 6.45) is 2.46. The van der Waals surface area contributed by atoms with E-state index >= 15 is 0 Å². The van der Waals surface area contributed by atoms with E-state index in [4.69, 9.17) is 21.1 Å². The fraction of sp³-hybridized carbons (Fsp3) is 0.455. The van der Waals surface area contributed by atoms with Gasteiger partial charge in [-0.25, -0.2) is 9.18 Å². The second-order valence-corrected chi connectivity index (χ2v) is 7.65. The van der Waals surface area contributed by atoms with Crippen molar-refractivity contribution in [2.75, 3.05) is 52.4 Å². The molecule has 0 spiro atoms. The normalized spacial score (nSPS) is 10.8. The summed E-state index contributed by atoms with van der Waals surface area (Å²) in [7, 11) is 5.05. The first-order valence-electron chi connectivity index (χ1n) is 10.2. The van der Waals surface area contributed by atoms with Crippen LogP contribution < -0.4 is 5.32 Å². The number of anilines is 1. The number of nitrogens with one attached hydrogen (secondary N) is 1. The van der Waals surface area contributed by atoms with Crippen molar-refractivity contribution in [1.82, 2.24) is 14.4 Å². The van der Waals surface area contributed by atoms with E-state index in [1.54, 1.807) is 19.1 Å². The summed E-state index contributed by atoms with van der Waals surface area (Å²) in [6.45, 7) is 1.78. The van der Waals surface area contributed by atoms with Gasteiger partial charge >= 0.3 is 6.03 Å². The third-order valence-electron chi connectivity index (χ3n) is 4.88. The van der Waals surface area contributed by atoms with Gasteiger partial charge in [0.05, 0.1) is 18.2 Å². The molecule has 0 aliphatic carbocycles. The van der Waals surface area contributed by atoms with Gasteiger partial charge in [0, 0.05) is 58.5 Å². The van der Waals surface area contributed by atoms with Crippen molar-refractivity contribution in [2.45, 2.75) is 13.0 Å². The van der Waals surface area contributed by atoms with E-state index in [9.17, 15) is 14.0 Å². The number of rotatable bonds is 12. The Labute approximate surface area is 192 Å². The number of urea groups is 1. The van der Waals surface area contributed by atoms with Gasteiger partial charge in [-0.05, 0) is 36.8 Å². The number of hydrogen-bond acceptors (Lipinski definition) is 4. The number of amides is 3. The topological polar surface area (TPSA) is 76.0 Å². The van der Waals surface area contributed by atoms with Crippen molar-refractivity contribution < 1.29 is 23.5 Å². The number of benzene rings is 1. The predicted molar refractivity (Wildman–Crippen MR) is 121 cm³/mol. The summed E-state index contributed by atoms with van der Waals surface area (Å²) in [5.41, 5.74) is 1.30. The SMILES string of the molecule is COCCCN(CC(=O)N(CCOC)Cc1cccn1C)C(=O)Nc1ccc(F)c(Cl)c1. The third kappa shape index (κ3) is 7.81. The number of nitrogens with zero attached hydrogens (tertiary/aromatic N) is 3. The molecule has 2 rings (SSSR count). The Morgan fingerprint density at radius 3 is 2.50 bits per heavy atom. The molecule has 0 saturated heterocycles. The van der Waals surface area contributed by atoms with Crippen molar-refractivity contribution in [2.24, 2.45) is 7.05 Å². The molecule has 0 unspecified atom stereocenters. The minimum atomic E-state index is -0.578. The zero-order valence-corrected chi connectivity index (χ0v) is 19.4. The molecular weight excluding hydrogens is 439 g/mol. The lowest BCUT2D eigenvalue weighted by molar-refractivity contribution is -0.133. The summed E-state index contributed by atoms with van der Waals surface area (Å²) in [4.78, 5) is 29.1. The van der Waals surface area contributed by atoms with Crippen LogP contribution in [0.2, 0.25) is 5.02 Å². The van der Waals surface area contributed by atoms with Crippen LogP contribution in [0, 0.1) is 5.82 Å². The zero-order valence-electron chi connectivity index (χ0n) is 18.6. The zero-order chi connectivity index (χ0) is 23.5. The Morgan fingerprint density at radius 2 is 1.88 bits per heavy atom. The first kappa shape index (κ1) is 25.6. The first-order valence-corrected chi connectivity index (χ1v) is 10.6. The standard InChI is InChI=1S/C22H30ClFN4O4/c1-26-9-4-6-18(26)15-27(11-13-32-3)21(29)16-28(10-5-12-31-2)22(30)25-17-7-8-20(24)19(23)14-17/h4,6-9,14H,5,10-13,15-16H2,1-3H3,(H,25,30). The lowest BCUT2D eigenvalue weighted by Crippen LogP contribution is -2.45. The highest BCUT2D eigenvalue weighted by molar-refractivity contribution is 6.31. The maximum absolute atomic E-state index is 13.4. The van der Waals surface area contributed by atoms with Crippen molar-refractivity contribution >= 4 is 29.2 Å². The number of aromatic nitrogens is 1. The molecule has 1 aromatic heterocycles. The number of methoxy groups -OCH3 is 2. The molecule has 2 aromatic rings. The fourth-order valence-corrected chi connectivity index (χ4v) is 3.22. The van der Waals surface area contributed by atoms with Gasteiger partial charge in [-0.1, -0.05) is 11.6 Å². The van der Waals surface area contributed by atoms with Crippen LogP contribution in [0.4, 0.5) is 14.9 Å². The third-order valence-corrected chi connectivity index (χ3v) is 5.17.